The second kappa shape index (κ2) is 6.33. The Morgan fingerprint density at radius 2 is 2.24 bits per heavy atom. The van der Waals surface area contributed by atoms with Crippen molar-refractivity contribution in [2.45, 2.75) is 18.9 Å². The standard InChI is InChI=1S/C12H22N2O3/c1-16-12(15)11(10-3-2-8-17-9-10)14-6-4-13-5-7-14/h10-11,13H,2-9H2,1H3. The molecule has 0 aromatic carbocycles. The first-order valence-corrected chi connectivity index (χ1v) is 6.43. The van der Waals surface area contributed by atoms with E-state index in [1.54, 1.807) is 0 Å². The normalized spacial score (nSPS) is 28.6. The number of piperazine rings is 1. The molecule has 0 saturated carbocycles. The molecule has 2 atom stereocenters. The van der Waals surface area contributed by atoms with Gasteiger partial charge in [0.25, 0.3) is 0 Å². The molecule has 0 spiro atoms. The Balaban J connectivity index is 2.02. The summed E-state index contributed by atoms with van der Waals surface area (Å²) in [4.78, 5) is 14.2. The first-order valence-electron chi connectivity index (χ1n) is 6.43. The molecule has 0 aromatic rings. The molecule has 2 fully saturated rings. The molecule has 0 aromatic heterocycles. The van der Waals surface area contributed by atoms with Crippen molar-refractivity contribution in [2.24, 2.45) is 5.92 Å². The number of rotatable bonds is 3. The Hall–Kier alpha value is -0.650. The van der Waals surface area contributed by atoms with E-state index in [1.165, 1.54) is 7.11 Å². The lowest BCUT2D eigenvalue weighted by Crippen LogP contribution is -2.55. The molecule has 0 aliphatic carbocycles. The van der Waals surface area contributed by atoms with Gasteiger partial charge in [-0.2, -0.15) is 0 Å². The molecular formula is C12H22N2O3. The Bertz CT molecular complexity index is 230. The molecule has 2 unspecified atom stereocenters. The summed E-state index contributed by atoms with van der Waals surface area (Å²) in [6, 6.07) is -0.123. The summed E-state index contributed by atoms with van der Waals surface area (Å²) < 4.78 is 10.5. The summed E-state index contributed by atoms with van der Waals surface area (Å²) in [7, 11) is 1.47. The Morgan fingerprint density at radius 3 is 2.82 bits per heavy atom. The molecule has 2 aliphatic heterocycles. The topological polar surface area (TPSA) is 50.8 Å². The fourth-order valence-corrected chi connectivity index (χ4v) is 2.74. The molecule has 2 saturated heterocycles. The maximum atomic E-state index is 12.0. The van der Waals surface area contributed by atoms with Gasteiger partial charge in [-0.25, -0.2) is 0 Å². The zero-order chi connectivity index (χ0) is 12.1. The van der Waals surface area contributed by atoms with Gasteiger partial charge in [-0.05, 0) is 12.8 Å². The van der Waals surface area contributed by atoms with Crippen LogP contribution >= 0.6 is 0 Å². The second-order valence-corrected chi connectivity index (χ2v) is 4.73. The predicted octanol–water partition coefficient (Wildman–Crippen LogP) is -0.140. The average Bonchev–Trinajstić information content (AvgIpc) is 2.41. The van der Waals surface area contributed by atoms with E-state index in [-0.39, 0.29) is 17.9 Å². The lowest BCUT2D eigenvalue weighted by molar-refractivity contribution is -0.152. The molecule has 2 heterocycles. The van der Waals surface area contributed by atoms with Crippen LogP contribution < -0.4 is 5.32 Å². The van der Waals surface area contributed by atoms with Gasteiger partial charge in [0, 0.05) is 38.7 Å². The van der Waals surface area contributed by atoms with E-state index in [1.807, 2.05) is 0 Å². The number of esters is 1. The van der Waals surface area contributed by atoms with Crippen LogP contribution in [-0.2, 0) is 14.3 Å². The monoisotopic (exact) mass is 242 g/mol. The van der Waals surface area contributed by atoms with E-state index in [4.69, 9.17) is 9.47 Å². The summed E-state index contributed by atoms with van der Waals surface area (Å²) >= 11 is 0. The molecule has 5 heteroatoms. The molecular weight excluding hydrogens is 220 g/mol. The van der Waals surface area contributed by atoms with Crippen molar-refractivity contribution in [3.05, 3.63) is 0 Å². The highest BCUT2D eigenvalue weighted by Gasteiger charge is 2.36. The number of ether oxygens (including phenoxy) is 2. The summed E-state index contributed by atoms with van der Waals surface area (Å²) in [5.41, 5.74) is 0. The van der Waals surface area contributed by atoms with Gasteiger partial charge in [-0.15, -0.1) is 0 Å². The van der Waals surface area contributed by atoms with Crippen LogP contribution in [0.25, 0.3) is 0 Å². The van der Waals surface area contributed by atoms with Gasteiger partial charge in [0.2, 0.25) is 0 Å². The summed E-state index contributed by atoms with van der Waals surface area (Å²) in [6.07, 6.45) is 2.11. The molecule has 98 valence electrons. The third-order valence-electron chi connectivity index (χ3n) is 3.63. The van der Waals surface area contributed by atoms with E-state index in [0.717, 1.165) is 45.6 Å². The van der Waals surface area contributed by atoms with E-state index in [9.17, 15) is 4.79 Å². The van der Waals surface area contributed by atoms with Crippen molar-refractivity contribution in [2.75, 3.05) is 46.5 Å². The third-order valence-corrected chi connectivity index (χ3v) is 3.63. The number of hydrogen-bond donors (Lipinski definition) is 1. The van der Waals surface area contributed by atoms with E-state index < -0.39 is 0 Å². The second-order valence-electron chi connectivity index (χ2n) is 4.73. The highest BCUT2D eigenvalue weighted by atomic mass is 16.5. The van der Waals surface area contributed by atoms with Gasteiger partial charge in [-0.1, -0.05) is 0 Å². The molecule has 2 rings (SSSR count). The maximum absolute atomic E-state index is 12.0. The number of hydrogen-bond acceptors (Lipinski definition) is 5. The predicted molar refractivity (Wildman–Crippen MR) is 63.8 cm³/mol. The SMILES string of the molecule is COC(=O)C(C1CCCOC1)N1CCNCC1. The zero-order valence-corrected chi connectivity index (χ0v) is 10.5. The maximum Gasteiger partial charge on any atom is 0.323 e. The number of nitrogens with one attached hydrogen (secondary N) is 1. The van der Waals surface area contributed by atoms with Gasteiger partial charge in [0.05, 0.1) is 13.7 Å². The van der Waals surface area contributed by atoms with Crippen molar-refractivity contribution < 1.29 is 14.3 Å². The van der Waals surface area contributed by atoms with E-state index >= 15 is 0 Å². The van der Waals surface area contributed by atoms with Gasteiger partial charge in [0.1, 0.15) is 6.04 Å². The van der Waals surface area contributed by atoms with Crippen molar-refractivity contribution in [1.82, 2.24) is 10.2 Å². The average molecular weight is 242 g/mol. The molecule has 1 N–H and O–H groups in total. The molecule has 17 heavy (non-hydrogen) atoms. The van der Waals surface area contributed by atoms with Crippen LogP contribution in [0.1, 0.15) is 12.8 Å². The van der Waals surface area contributed by atoms with Gasteiger partial charge >= 0.3 is 5.97 Å². The van der Waals surface area contributed by atoms with Crippen molar-refractivity contribution in [3.63, 3.8) is 0 Å². The van der Waals surface area contributed by atoms with Gasteiger partial charge in [0.15, 0.2) is 0 Å². The fourth-order valence-electron chi connectivity index (χ4n) is 2.74. The van der Waals surface area contributed by atoms with Crippen LogP contribution in [-0.4, -0.2) is 63.4 Å². The first kappa shape index (κ1) is 12.8. The quantitative estimate of drug-likeness (QED) is 0.698. The minimum absolute atomic E-state index is 0.109. The van der Waals surface area contributed by atoms with Crippen LogP contribution in [0.3, 0.4) is 0 Å². The summed E-state index contributed by atoms with van der Waals surface area (Å²) in [6.45, 7) is 5.23. The van der Waals surface area contributed by atoms with Crippen molar-refractivity contribution >= 4 is 5.97 Å². The smallest absolute Gasteiger partial charge is 0.323 e. The number of methoxy groups -OCH3 is 1. The highest BCUT2D eigenvalue weighted by Crippen LogP contribution is 2.23. The summed E-state index contributed by atoms with van der Waals surface area (Å²) in [5.74, 6) is 0.178. The molecule has 2 aliphatic rings. The van der Waals surface area contributed by atoms with Crippen LogP contribution in [0.2, 0.25) is 0 Å². The minimum Gasteiger partial charge on any atom is -0.468 e. The Kier molecular flexibility index (Phi) is 4.76. The lowest BCUT2D eigenvalue weighted by Gasteiger charge is -2.38. The lowest BCUT2D eigenvalue weighted by atomic mass is 9.92. The molecule has 5 nitrogen and oxygen atoms in total. The van der Waals surface area contributed by atoms with Crippen molar-refractivity contribution in [3.8, 4) is 0 Å². The van der Waals surface area contributed by atoms with Crippen LogP contribution in [0.5, 0.6) is 0 Å². The highest BCUT2D eigenvalue weighted by molar-refractivity contribution is 5.76. The van der Waals surface area contributed by atoms with Crippen molar-refractivity contribution in [1.29, 1.82) is 0 Å². The number of carbonyl (C=O) groups is 1. The van der Waals surface area contributed by atoms with Gasteiger partial charge in [-0.3, -0.25) is 9.69 Å². The minimum atomic E-state index is -0.123. The third kappa shape index (κ3) is 3.18. The number of nitrogens with zero attached hydrogens (tertiary/aromatic N) is 1. The molecule has 0 radical (unpaired) electrons. The van der Waals surface area contributed by atoms with Crippen LogP contribution in [0.15, 0.2) is 0 Å². The van der Waals surface area contributed by atoms with Crippen LogP contribution in [0.4, 0.5) is 0 Å². The largest absolute Gasteiger partial charge is 0.468 e. The molecule has 0 amide bonds. The Labute approximate surface area is 102 Å². The summed E-state index contributed by atoms with van der Waals surface area (Å²) in [5, 5.41) is 3.30. The van der Waals surface area contributed by atoms with E-state index in [2.05, 4.69) is 10.2 Å². The zero-order valence-electron chi connectivity index (χ0n) is 10.5. The van der Waals surface area contributed by atoms with Crippen LogP contribution in [0, 0.1) is 5.92 Å². The Morgan fingerprint density at radius 1 is 1.47 bits per heavy atom. The van der Waals surface area contributed by atoms with E-state index in [0.29, 0.717) is 6.61 Å². The fraction of sp³-hybridized carbons (Fsp3) is 0.917. The van der Waals surface area contributed by atoms with Gasteiger partial charge < -0.3 is 14.8 Å². The number of carbonyl (C=O) groups excluding carboxylic acids is 1. The first-order chi connectivity index (χ1) is 8.33. The molecule has 0 bridgehead atoms.